The highest BCUT2D eigenvalue weighted by molar-refractivity contribution is 5.78. The van der Waals surface area contributed by atoms with Crippen LogP contribution in [0.2, 0.25) is 0 Å². The number of rotatable bonds is 2. The SMILES string of the molecule is O=C(O)[C@@H]1CN(C(=O)NC2CCC2)C[C@H]1C(F)(F)F. The Labute approximate surface area is 107 Å². The van der Waals surface area contributed by atoms with Crippen molar-refractivity contribution in [2.45, 2.75) is 31.5 Å². The number of urea groups is 1. The quantitative estimate of drug-likeness (QED) is 0.804. The van der Waals surface area contributed by atoms with Gasteiger partial charge >= 0.3 is 18.2 Å². The van der Waals surface area contributed by atoms with E-state index in [0.29, 0.717) is 0 Å². The molecule has 0 spiro atoms. The van der Waals surface area contributed by atoms with Crippen LogP contribution in [-0.4, -0.2) is 47.3 Å². The molecular weight excluding hydrogens is 265 g/mol. The van der Waals surface area contributed by atoms with Crippen molar-refractivity contribution in [3.63, 3.8) is 0 Å². The predicted molar refractivity (Wildman–Crippen MR) is 58.4 cm³/mol. The minimum absolute atomic E-state index is 0.0146. The van der Waals surface area contributed by atoms with Gasteiger partial charge in [-0.2, -0.15) is 13.2 Å². The molecule has 0 aromatic rings. The summed E-state index contributed by atoms with van der Waals surface area (Å²) in [4.78, 5) is 23.6. The van der Waals surface area contributed by atoms with Crippen molar-refractivity contribution in [3.05, 3.63) is 0 Å². The van der Waals surface area contributed by atoms with Gasteiger partial charge in [0.15, 0.2) is 0 Å². The molecule has 0 bridgehead atoms. The molecule has 2 aliphatic rings. The topological polar surface area (TPSA) is 69.6 Å². The van der Waals surface area contributed by atoms with Crippen LogP contribution in [0, 0.1) is 11.8 Å². The van der Waals surface area contributed by atoms with Gasteiger partial charge in [0.1, 0.15) is 0 Å². The average Bonchev–Trinajstić information content (AvgIpc) is 2.67. The van der Waals surface area contributed by atoms with Gasteiger partial charge in [-0.25, -0.2) is 4.79 Å². The van der Waals surface area contributed by atoms with Gasteiger partial charge < -0.3 is 15.3 Å². The van der Waals surface area contributed by atoms with Gasteiger partial charge in [-0.3, -0.25) is 4.79 Å². The minimum Gasteiger partial charge on any atom is -0.481 e. The molecule has 2 amide bonds. The van der Waals surface area contributed by atoms with Crippen molar-refractivity contribution >= 4 is 12.0 Å². The Kier molecular flexibility index (Phi) is 3.60. The number of hydrogen-bond acceptors (Lipinski definition) is 2. The van der Waals surface area contributed by atoms with Crippen LogP contribution in [0.25, 0.3) is 0 Å². The number of nitrogens with zero attached hydrogens (tertiary/aromatic N) is 1. The number of halogens is 3. The van der Waals surface area contributed by atoms with Crippen LogP contribution in [0.5, 0.6) is 0 Å². The molecule has 2 N–H and O–H groups in total. The van der Waals surface area contributed by atoms with Gasteiger partial charge in [-0.1, -0.05) is 0 Å². The lowest BCUT2D eigenvalue weighted by molar-refractivity contribution is -0.187. The first-order chi connectivity index (χ1) is 8.79. The Morgan fingerprint density at radius 1 is 1.21 bits per heavy atom. The van der Waals surface area contributed by atoms with E-state index in [-0.39, 0.29) is 6.04 Å². The van der Waals surface area contributed by atoms with Gasteiger partial charge in [-0.15, -0.1) is 0 Å². The standard InChI is InChI=1S/C11H15F3N2O3/c12-11(13,14)8-5-16(4-7(8)9(17)18)10(19)15-6-2-1-3-6/h6-8H,1-5H2,(H,15,19)(H,17,18)/t7-,8-/m1/s1. The highest BCUT2D eigenvalue weighted by Gasteiger charge is 2.53. The van der Waals surface area contributed by atoms with Crippen molar-refractivity contribution in [2.24, 2.45) is 11.8 Å². The van der Waals surface area contributed by atoms with Crippen LogP contribution in [0.3, 0.4) is 0 Å². The van der Waals surface area contributed by atoms with E-state index in [9.17, 15) is 22.8 Å². The molecule has 1 aliphatic heterocycles. The van der Waals surface area contributed by atoms with Gasteiger partial charge in [-0.05, 0) is 19.3 Å². The average molecular weight is 280 g/mol. The number of alkyl halides is 3. The zero-order valence-corrected chi connectivity index (χ0v) is 10.1. The number of nitrogens with one attached hydrogen (secondary N) is 1. The summed E-state index contributed by atoms with van der Waals surface area (Å²) < 4.78 is 38.2. The van der Waals surface area contributed by atoms with E-state index in [1.807, 2.05) is 0 Å². The second-order valence-corrected chi connectivity index (χ2v) is 5.08. The lowest BCUT2D eigenvalue weighted by Crippen LogP contribution is -2.47. The smallest absolute Gasteiger partial charge is 0.394 e. The Bertz CT molecular complexity index is 382. The number of carbonyl (C=O) groups is 2. The third-order valence-corrected chi connectivity index (χ3v) is 3.78. The maximum atomic E-state index is 12.7. The van der Waals surface area contributed by atoms with Crippen LogP contribution in [0.4, 0.5) is 18.0 Å². The number of carboxylic acid groups (broad SMARTS) is 1. The van der Waals surface area contributed by atoms with Gasteiger partial charge in [0, 0.05) is 19.1 Å². The van der Waals surface area contributed by atoms with Gasteiger partial charge in [0.2, 0.25) is 0 Å². The number of carboxylic acids is 1. The van der Waals surface area contributed by atoms with E-state index in [0.717, 1.165) is 24.2 Å². The molecule has 5 nitrogen and oxygen atoms in total. The zero-order valence-electron chi connectivity index (χ0n) is 10.1. The summed E-state index contributed by atoms with van der Waals surface area (Å²) in [5, 5.41) is 11.4. The van der Waals surface area contributed by atoms with E-state index in [1.165, 1.54) is 0 Å². The van der Waals surface area contributed by atoms with Crippen molar-refractivity contribution in [2.75, 3.05) is 13.1 Å². The van der Waals surface area contributed by atoms with Crippen LogP contribution < -0.4 is 5.32 Å². The molecule has 108 valence electrons. The molecule has 0 aromatic heterocycles. The minimum atomic E-state index is -4.60. The molecule has 2 atom stereocenters. The van der Waals surface area contributed by atoms with E-state index >= 15 is 0 Å². The van der Waals surface area contributed by atoms with E-state index in [2.05, 4.69) is 5.32 Å². The molecule has 0 unspecified atom stereocenters. The first-order valence-corrected chi connectivity index (χ1v) is 6.14. The Morgan fingerprint density at radius 3 is 2.21 bits per heavy atom. The van der Waals surface area contributed by atoms with Crippen LogP contribution >= 0.6 is 0 Å². The van der Waals surface area contributed by atoms with E-state index in [1.54, 1.807) is 0 Å². The lowest BCUT2D eigenvalue weighted by atomic mass is 9.93. The normalized spacial score (nSPS) is 28.1. The monoisotopic (exact) mass is 280 g/mol. The second kappa shape index (κ2) is 4.90. The van der Waals surface area contributed by atoms with Crippen LogP contribution in [0.1, 0.15) is 19.3 Å². The Balaban J connectivity index is 2.00. The first-order valence-electron chi connectivity index (χ1n) is 6.14. The molecule has 0 aromatic carbocycles. The van der Waals surface area contributed by atoms with Crippen LogP contribution in [0.15, 0.2) is 0 Å². The molecule has 8 heteroatoms. The number of hydrogen-bond donors (Lipinski definition) is 2. The first kappa shape index (κ1) is 14.0. The largest absolute Gasteiger partial charge is 0.481 e. The second-order valence-electron chi connectivity index (χ2n) is 5.08. The number of likely N-dealkylation sites (tertiary alicyclic amines) is 1. The molecule has 2 rings (SSSR count). The highest BCUT2D eigenvalue weighted by atomic mass is 19.4. The molecule has 1 heterocycles. The van der Waals surface area contributed by atoms with E-state index < -0.39 is 43.1 Å². The van der Waals surface area contributed by atoms with Crippen molar-refractivity contribution in [3.8, 4) is 0 Å². The molecule has 19 heavy (non-hydrogen) atoms. The number of amides is 2. The van der Waals surface area contributed by atoms with Gasteiger partial charge in [0.25, 0.3) is 0 Å². The fraction of sp³-hybridized carbons (Fsp3) is 0.818. The number of aliphatic carboxylic acids is 1. The fourth-order valence-corrected chi connectivity index (χ4v) is 2.37. The fourth-order valence-electron chi connectivity index (χ4n) is 2.37. The van der Waals surface area contributed by atoms with Crippen molar-refractivity contribution in [1.82, 2.24) is 10.2 Å². The molecule has 1 aliphatic carbocycles. The summed E-state index contributed by atoms with van der Waals surface area (Å²) in [6.07, 6.45) is -1.96. The molecule has 2 fully saturated rings. The third kappa shape index (κ3) is 2.93. The zero-order chi connectivity index (χ0) is 14.2. The summed E-state index contributed by atoms with van der Waals surface area (Å²) in [5.41, 5.74) is 0. The highest BCUT2D eigenvalue weighted by Crippen LogP contribution is 2.37. The summed E-state index contributed by atoms with van der Waals surface area (Å²) in [6.45, 7) is -0.975. The summed E-state index contributed by atoms with van der Waals surface area (Å²) >= 11 is 0. The summed E-state index contributed by atoms with van der Waals surface area (Å²) in [7, 11) is 0. The molecule has 1 saturated heterocycles. The van der Waals surface area contributed by atoms with Gasteiger partial charge in [0.05, 0.1) is 11.8 Å². The predicted octanol–water partition coefficient (Wildman–Crippen LogP) is 1.44. The lowest BCUT2D eigenvalue weighted by Gasteiger charge is -2.29. The summed E-state index contributed by atoms with van der Waals surface area (Å²) in [5.74, 6) is -5.08. The maximum absolute atomic E-state index is 12.7. The maximum Gasteiger partial charge on any atom is 0.394 e. The van der Waals surface area contributed by atoms with E-state index in [4.69, 9.17) is 5.11 Å². The molecular formula is C11H15F3N2O3. The Morgan fingerprint density at radius 2 is 1.84 bits per heavy atom. The van der Waals surface area contributed by atoms with Crippen molar-refractivity contribution < 1.29 is 27.9 Å². The molecule has 1 saturated carbocycles. The molecule has 0 radical (unpaired) electrons. The third-order valence-electron chi connectivity index (χ3n) is 3.78. The van der Waals surface area contributed by atoms with Crippen LogP contribution in [-0.2, 0) is 4.79 Å². The number of carbonyl (C=O) groups excluding carboxylic acids is 1. The Hall–Kier alpha value is -1.47. The van der Waals surface area contributed by atoms with Crippen molar-refractivity contribution in [1.29, 1.82) is 0 Å². The summed E-state index contributed by atoms with van der Waals surface area (Å²) in [6, 6.07) is -0.580.